The van der Waals surface area contributed by atoms with Crippen molar-refractivity contribution >= 4 is 16.7 Å². The number of nitrogens with one attached hydrogen (secondary N) is 1. The highest BCUT2D eigenvalue weighted by atomic mass is 16.5. The van der Waals surface area contributed by atoms with Crippen molar-refractivity contribution in [2.24, 2.45) is 0 Å². The van der Waals surface area contributed by atoms with Crippen molar-refractivity contribution in [3.8, 4) is 11.5 Å². The third-order valence-corrected chi connectivity index (χ3v) is 5.53. The summed E-state index contributed by atoms with van der Waals surface area (Å²) in [7, 11) is 3.82. The molecular formula is C23H28N4O2. The Bertz CT molecular complexity index is 956. The van der Waals surface area contributed by atoms with E-state index in [9.17, 15) is 0 Å². The zero-order valence-corrected chi connectivity index (χ0v) is 17.3. The molecule has 29 heavy (non-hydrogen) atoms. The van der Waals surface area contributed by atoms with E-state index in [4.69, 9.17) is 9.47 Å². The van der Waals surface area contributed by atoms with Crippen LogP contribution in [0.25, 0.3) is 10.9 Å². The van der Waals surface area contributed by atoms with Gasteiger partial charge in [-0.05, 0) is 38.4 Å². The van der Waals surface area contributed by atoms with Crippen LogP contribution in [0, 0.1) is 0 Å². The molecule has 1 N–H and O–H groups in total. The van der Waals surface area contributed by atoms with Crippen LogP contribution in [0.4, 0.5) is 5.82 Å². The Kier molecular flexibility index (Phi) is 5.81. The Morgan fingerprint density at radius 2 is 1.83 bits per heavy atom. The SMILES string of the molecule is COc1cc2ncnc(N[C@@H](C)c3ccccc3)c2cc1OC1CCN(C)CC1. The molecule has 1 atom stereocenters. The molecule has 3 aromatic rings. The Morgan fingerprint density at radius 1 is 1.07 bits per heavy atom. The first-order valence-electron chi connectivity index (χ1n) is 10.1. The number of hydrogen-bond donors (Lipinski definition) is 1. The lowest BCUT2D eigenvalue weighted by Crippen LogP contribution is -2.35. The molecule has 2 aromatic carbocycles. The molecule has 0 bridgehead atoms. The van der Waals surface area contributed by atoms with Crippen LogP contribution in [0.1, 0.15) is 31.4 Å². The van der Waals surface area contributed by atoms with Crippen molar-refractivity contribution in [3.63, 3.8) is 0 Å². The average molecular weight is 393 g/mol. The van der Waals surface area contributed by atoms with E-state index in [0.29, 0.717) is 5.75 Å². The average Bonchev–Trinajstić information content (AvgIpc) is 2.76. The zero-order chi connectivity index (χ0) is 20.2. The Balaban J connectivity index is 1.63. The molecular weight excluding hydrogens is 364 g/mol. The summed E-state index contributed by atoms with van der Waals surface area (Å²) >= 11 is 0. The summed E-state index contributed by atoms with van der Waals surface area (Å²) in [6.45, 7) is 4.22. The number of aromatic nitrogens is 2. The van der Waals surface area contributed by atoms with E-state index < -0.39 is 0 Å². The maximum absolute atomic E-state index is 6.34. The third-order valence-electron chi connectivity index (χ3n) is 5.53. The van der Waals surface area contributed by atoms with Crippen LogP contribution in [0.15, 0.2) is 48.8 Å². The van der Waals surface area contributed by atoms with E-state index in [2.05, 4.69) is 46.3 Å². The third kappa shape index (κ3) is 4.43. The van der Waals surface area contributed by atoms with Crippen LogP contribution < -0.4 is 14.8 Å². The number of likely N-dealkylation sites (tertiary alicyclic amines) is 1. The summed E-state index contributed by atoms with van der Waals surface area (Å²) in [5, 5.41) is 4.45. The molecule has 6 nitrogen and oxygen atoms in total. The molecule has 152 valence electrons. The molecule has 1 aliphatic heterocycles. The van der Waals surface area contributed by atoms with Crippen LogP contribution in [-0.2, 0) is 0 Å². The van der Waals surface area contributed by atoms with Crippen molar-refractivity contribution in [3.05, 3.63) is 54.4 Å². The number of rotatable bonds is 6. The number of fused-ring (bicyclic) bond motifs is 1. The minimum absolute atomic E-state index is 0.120. The molecule has 0 unspecified atom stereocenters. The maximum atomic E-state index is 6.34. The highest BCUT2D eigenvalue weighted by Gasteiger charge is 2.21. The van der Waals surface area contributed by atoms with Gasteiger partial charge in [0.25, 0.3) is 0 Å². The van der Waals surface area contributed by atoms with Crippen LogP contribution in [0.3, 0.4) is 0 Å². The summed E-state index contributed by atoms with van der Waals surface area (Å²) in [6.07, 6.45) is 3.80. The monoisotopic (exact) mass is 392 g/mol. The van der Waals surface area contributed by atoms with Crippen molar-refractivity contribution in [2.45, 2.75) is 31.9 Å². The summed E-state index contributed by atoms with van der Waals surface area (Å²) in [5.74, 6) is 2.25. The van der Waals surface area contributed by atoms with Gasteiger partial charge in [0.2, 0.25) is 0 Å². The van der Waals surface area contributed by atoms with Crippen LogP contribution in [0.5, 0.6) is 11.5 Å². The van der Waals surface area contributed by atoms with Crippen molar-refractivity contribution in [1.82, 2.24) is 14.9 Å². The predicted molar refractivity (Wildman–Crippen MR) is 116 cm³/mol. The van der Waals surface area contributed by atoms with E-state index in [1.165, 1.54) is 5.56 Å². The molecule has 0 spiro atoms. The van der Waals surface area contributed by atoms with Gasteiger partial charge < -0.3 is 19.7 Å². The van der Waals surface area contributed by atoms with Gasteiger partial charge in [-0.25, -0.2) is 9.97 Å². The topological polar surface area (TPSA) is 59.5 Å². The number of methoxy groups -OCH3 is 1. The van der Waals surface area contributed by atoms with Crippen LogP contribution in [0.2, 0.25) is 0 Å². The molecule has 1 aliphatic rings. The Morgan fingerprint density at radius 3 is 2.55 bits per heavy atom. The smallest absolute Gasteiger partial charge is 0.162 e. The fourth-order valence-corrected chi connectivity index (χ4v) is 3.74. The van der Waals surface area contributed by atoms with Gasteiger partial charge >= 0.3 is 0 Å². The first-order chi connectivity index (χ1) is 14.1. The first kappa shape index (κ1) is 19.5. The second kappa shape index (κ2) is 8.66. The summed E-state index contributed by atoms with van der Waals surface area (Å²) in [6, 6.07) is 14.4. The number of hydrogen-bond acceptors (Lipinski definition) is 6. The summed E-state index contributed by atoms with van der Waals surface area (Å²) < 4.78 is 11.9. The summed E-state index contributed by atoms with van der Waals surface area (Å²) in [4.78, 5) is 11.3. The fraction of sp³-hybridized carbons (Fsp3) is 0.391. The molecule has 0 aliphatic carbocycles. The van der Waals surface area contributed by atoms with E-state index >= 15 is 0 Å². The van der Waals surface area contributed by atoms with Crippen molar-refractivity contribution in [1.29, 1.82) is 0 Å². The maximum Gasteiger partial charge on any atom is 0.162 e. The molecule has 6 heteroatoms. The fourth-order valence-electron chi connectivity index (χ4n) is 3.74. The quantitative estimate of drug-likeness (QED) is 0.675. The minimum Gasteiger partial charge on any atom is -0.493 e. The first-order valence-corrected chi connectivity index (χ1v) is 10.1. The second-order valence-electron chi connectivity index (χ2n) is 7.64. The highest BCUT2D eigenvalue weighted by Crippen LogP contribution is 2.36. The van der Waals surface area contributed by atoms with Gasteiger partial charge in [-0.15, -0.1) is 0 Å². The van der Waals surface area contributed by atoms with Gasteiger partial charge in [0.1, 0.15) is 18.2 Å². The summed E-state index contributed by atoms with van der Waals surface area (Å²) in [5.41, 5.74) is 2.03. The molecule has 4 rings (SSSR count). The van der Waals surface area contributed by atoms with Gasteiger partial charge in [0.05, 0.1) is 12.6 Å². The van der Waals surface area contributed by atoms with E-state index in [0.717, 1.165) is 48.4 Å². The van der Waals surface area contributed by atoms with Gasteiger partial charge in [-0.3, -0.25) is 0 Å². The lowest BCUT2D eigenvalue weighted by atomic mass is 10.1. The molecule has 1 aromatic heterocycles. The number of anilines is 1. The molecule has 0 saturated carbocycles. The predicted octanol–water partition coefficient (Wildman–Crippen LogP) is 4.28. The number of ether oxygens (including phenoxy) is 2. The molecule has 1 fully saturated rings. The van der Waals surface area contributed by atoms with E-state index in [-0.39, 0.29) is 12.1 Å². The van der Waals surface area contributed by atoms with Gasteiger partial charge in [-0.2, -0.15) is 0 Å². The van der Waals surface area contributed by atoms with Crippen molar-refractivity contribution < 1.29 is 9.47 Å². The van der Waals surface area contributed by atoms with Crippen LogP contribution in [-0.4, -0.2) is 48.2 Å². The minimum atomic E-state index is 0.120. The standard InChI is InChI=1S/C23H28N4O2/c1-16(17-7-5-4-6-8-17)26-23-19-13-22(29-18-9-11-27(2)12-10-18)21(28-3)14-20(19)24-15-25-23/h4-8,13-16,18H,9-12H2,1-3H3,(H,24,25,26)/t16-/m0/s1. The zero-order valence-electron chi connectivity index (χ0n) is 17.3. The normalized spacial score (nSPS) is 16.5. The van der Waals surface area contributed by atoms with E-state index in [1.807, 2.05) is 30.3 Å². The van der Waals surface area contributed by atoms with Crippen LogP contribution >= 0.6 is 0 Å². The second-order valence-corrected chi connectivity index (χ2v) is 7.64. The van der Waals surface area contributed by atoms with Gasteiger partial charge in [0, 0.05) is 30.6 Å². The number of nitrogens with zero attached hydrogens (tertiary/aromatic N) is 3. The molecule has 0 amide bonds. The Hall–Kier alpha value is -2.86. The lowest BCUT2D eigenvalue weighted by Gasteiger charge is -2.29. The van der Waals surface area contributed by atoms with Gasteiger partial charge in [-0.1, -0.05) is 30.3 Å². The molecule has 1 saturated heterocycles. The van der Waals surface area contributed by atoms with Gasteiger partial charge in [0.15, 0.2) is 11.5 Å². The van der Waals surface area contributed by atoms with E-state index in [1.54, 1.807) is 13.4 Å². The molecule has 2 heterocycles. The largest absolute Gasteiger partial charge is 0.493 e. The Labute approximate surface area is 171 Å². The molecule has 0 radical (unpaired) electrons. The number of benzene rings is 2. The highest BCUT2D eigenvalue weighted by molar-refractivity contribution is 5.91. The van der Waals surface area contributed by atoms with Crippen molar-refractivity contribution in [2.75, 3.05) is 32.6 Å². The number of piperidine rings is 1. The lowest BCUT2D eigenvalue weighted by molar-refractivity contribution is 0.111.